The largest absolute Gasteiger partial charge is 0.504 e. The van der Waals surface area contributed by atoms with Crippen LogP contribution in [0.15, 0.2) is 29.4 Å². The van der Waals surface area contributed by atoms with E-state index in [4.69, 9.17) is 4.74 Å². The van der Waals surface area contributed by atoms with Gasteiger partial charge in [0.15, 0.2) is 11.5 Å². The third-order valence-corrected chi connectivity index (χ3v) is 3.00. The van der Waals surface area contributed by atoms with Gasteiger partial charge >= 0.3 is 0 Å². The molecule has 0 atom stereocenters. The lowest BCUT2D eigenvalue weighted by atomic mass is 10.2. The lowest BCUT2D eigenvalue weighted by Gasteiger charge is -2.04. The number of hydrogen-bond acceptors (Lipinski definition) is 5. The number of nitrogens with zero attached hydrogens (tertiary/aromatic N) is 3. The first-order chi connectivity index (χ1) is 10.5. The molecular weight excluding hydrogens is 284 g/mol. The van der Waals surface area contributed by atoms with E-state index in [-0.39, 0.29) is 18.2 Å². The minimum Gasteiger partial charge on any atom is -0.504 e. The second kappa shape index (κ2) is 6.75. The third-order valence-electron chi connectivity index (χ3n) is 3.00. The van der Waals surface area contributed by atoms with Crippen LogP contribution in [0.5, 0.6) is 11.5 Å². The Labute approximate surface area is 128 Å². The molecule has 0 aliphatic carbocycles. The van der Waals surface area contributed by atoms with Crippen molar-refractivity contribution in [2.45, 2.75) is 20.4 Å². The maximum atomic E-state index is 11.8. The van der Waals surface area contributed by atoms with E-state index in [2.05, 4.69) is 15.6 Å². The lowest BCUT2D eigenvalue weighted by molar-refractivity contribution is -0.121. The van der Waals surface area contributed by atoms with Crippen molar-refractivity contribution in [3.05, 3.63) is 41.2 Å². The van der Waals surface area contributed by atoms with E-state index < -0.39 is 0 Å². The molecule has 2 N–H and O–H groups in total. The van der Waals surface area contributed by atoms with Crippen molar-refractivity contribution < 1.29 is 14.6 Å². The number of methoxy groups -OCH3 is 1. The van der Waals surface area contributed by atoms with Crippen LogP contribution in [0.1, 0.15) is 17.0 Å². The predicted molar refractivity (Wildman–Crippen MR) is 82.1 cm³/mol. The van der Waals surface area contributed by atoms with Crippen molar-refractivity contribution in [2.75, 3.05) is 7.11 Å². The van der Waals surface area contributed by atoms with Gasteiger partial charge < -0.3 is 9.84 Å². The molecule has 0 saturated carbocycles. The fraction of sp³-hybridized carbons (Fsp3) is 0.267. The van der Waals surface area contributed by atoms with Crippen molar-refractivity contribution in [1.82, 2.24) is 15.2 Å². The molecule has 2 rings (SSSR count). The summed E-state index contributed by atoms with van der Waals surface area (Å²) in [4.78, 5) is 11.8. The fourth-order valence-electron chi connectivity index (χ4n) is 1.97. The molecule has 0 radical (unpaired) electrons. The van der Waals surface area contributed by atoms with E-state index in [0.717, 1.165) is 11.4 Å². The molecule has 0 saturated heterocycles. The molecule has 1 amide bonds. The normalized spacial score (nSPS) is 10.9. The van der Waals surface area contributed by atoms with Crippen LogP contribution in [0.25, 0.3) is 0 Å². The monoisotopic (exact) mass is 302 g/mol. The zero-order valence-electron chi connectivity index (χ0n) is 12.7. The van der Waals surface area contributed by atoms with Crippen molar-refractivity contribution in [2.24, 2.45) is 5.10 Å². The van der Waals surface area contributed by atoms with Gasteiger partial charge in [0.25, 0.3) is 5.91 Å². The number of nitrogens with one attached hydrogen (secondary N) is 1. The van der Waals surface area contributed by atoms with E-state index >= 15 is 0 Å². The molecule has 0 spiro atoms. The van der Waals surface area contributed by atoms with Gasteiger partial charge in [0, 0.05) is 5.69 Å². The van der Waals surface area contributed by atoms with Gasteiger partial charge in [-0.3, -0.25) is 9.48 Å². The molecule has 0 aliphatic heterocycles. The highest BCUT2D eigenvalue weighted by Gasteiger charge is 2.06. The average Bonchev–Trinajstić information content (AvgIpc) is 2.77. The van der Waals surface area contributed by atoms with Crippen LogP contribution in [0.3, 0.4) is 0 Å². The Bertz CT molecular complexity index is 707. The number of hydrogen-bond donors (Lipinski definition) is 2. The summed E-state index contributed by atoms with van der Waals surface area (Å²) in [6, 6.07) is 6.73. The van der Waals surface area contributed by atoms with Crippen LogP contribution in [-0.4, -0.2) is 34.1 Å². The molecule has 0 unspecified atom stereocenters. The number of phenolic OH excluding ortho intramolecular Hbond substituents is 1. The van der Waals surface area contributed by atoms with Gasteiger partial charge in [-0.1, -0.05) is 0 Å². The number of rotatable bonds is 5. The Kier molecular flexibility index (Phi) is 4.77. The first kappa shape index (κ1) is 15.6. The minimum atomic E-state index is -0.278. The topological polar surface area (TPSA) is 88.7 Å². The molecule has 2 aromatic rings. The quantitative estimate of drug-likeness (QED) is 0.645. The number of hydrazone groups is 1. The van der Waals surface area contributed by atoms with E-state index in [1.807, 2.05) is 19.9 Å². The Morgan fingerprint density at radius 2 is 2.23 bits per heavy atom. The highest BCUT2D eigenvalue weighted by molar-refractivity contribution is 5.83. The first-order valence-electron chi connectivity index (χ1n) is 6.69. The van der Waals surface area contributed by atoms with Crippen molar-refractivity contribution >= 4 is 12.1 Å². The second-order valence-corrected chi connectivity index (χ2v) is 4.81. The number of carbonyl (C=O) groups is 1. The summed E-state index contributed by atoms with van der Waals surface area (Å²) >= 11 is 0. The number of aromatic nitrogens is 2. The maximum Gasteiger partial charge on any atom is 0.261 e. The average molecular weight is 302 g/mol. The van der Waals surface area contributed by atoms with Crippen LogP contribution >= 0.6 is 0 Å². The van der Waals surface area contributed by atoms with Crippen molar-refractivity contribution in [3.8, 4) is 11.5 Å². The van der Waals surface area contributed by atoms with E-state index in [0.29, 0.717) is 11.3 Å². The molecule has 116 valence electrons. The second-order valence-electron chi connectivity index (χ2n) is 4.81. The van der Waals surface area contributed by atoms with Crippen LogP contribution in [-0.2, 0) is 11.3 Å². The van der Waals surface area contributed by atoms with E-state index in [9.17, 15) is 9.90 Å². The number of carbonyl (C=O) groups excluding carboxylic acids is 1. The number of benzene rings is 1. The number of phenols is 1. The van der Waals surface area contributed by atoms with Crippen LogP contribution in [0.4, 0.5) is 0 Å². The van der Waals surface area contributed by atoms with E-state index in [1.165, 1.54) is 19.4 Å². The highest BCUT2D eigenvalue weighted by Crippen LogP contribution is 2.25. The van der Waals surface area contributed by atoms with Crippen molar-refractivity contribution in [1.29, 1.82) is 0 Å². The Morgan fingerprint density at radius 3 is 2.82 bits per heavy atom. The highest BCUT2D eigenvalue weighted by atomic mass is 16.5. The van der Waals surface area contributed by atoms with E-state index in [1.54, 1.807) is 16.8 Å². The van der Waals surface area contributed by atoms with Crippen LogP contribution in [0, 0.1) is 13.8 Å². The smallest absolute Gasteiger partial charge is 0.261 e. The molecule has 7 nitrogen and oxygen atoms in total. The molecule has 7 heteroatoms. The molecular formula is C15H18N4O3. The van der Waals surface area contributed by atoms with Crippen LogP contribution in [0.2, 0.25) is 0 Å². The van der Waals surface area contributed by atoms with Crippen LogP contribution < -0.4 is 10.2 Å². The van der Waals surface area contributed by atoms with Gasteiger partial charge in [-0.15, -0.1) is 0 Å². The summed E-state index contributed by atoms with van der Waals surface area (Å²) in [6.07, 6.45) is 1.44. The summed E-state index contributed by atoms with van der Waals surface area (Å²) in [7, 11) is 1.47. The van der Waals surface area contributed by atoms with Gasteiger partial charge in [0.2, 0.25) is 0 Å². The van der Waals surface area contributed by atoms with Gasteiger partial charge in [-0.05, 0) is 43.7 Å². The number of amides is 1. The Morgan fingerprint density at radius 1 is 1.45 bits per heavy atom. The molecule has 0 bridgehead atoms. The molecule has 1 aromatic heterocycles. The number of ether oxygens (including phenoxy) is 1. The lowest BCUT2D eigenvalue weighted by Crippen LogP contribution is -2.24. The number of aromatic hydroxyl groups is 1. The van der Waals surface area contributed by atoms with Gasteiger partial charge in [-0.25, -0.2) is 5.43 Å². The van der Waals surface area contributed by atoms with Gasteiger partial charge in [0.1, 0.15) is 6.54 Å². The zero-order valence-corrected chi connectivity index (χ0v) is 12.7. The molecule has 0 fully saturated rings. The molecule has 1 aromatic carbocycles. The Hall–Kier alpha value is -2.83. The molecule has 1 heterocycles. The SMILES string of the molecule is COc1ccc(/C=N\NC(=O)Cn2nc(C)cc2C)cc1O. The first-order valence-corrected chi connectivity index (χ1v) is 6.69. The molecule has 22 heavy (non-hydrogen) atoms. The van der Waals surface area contributed by atoms with Gasteiger partial charge in [-0.2, -0.15) is 10.2 Å². The fourth-order valence-corrected chi connectivity index (χ4v) is 1.97. The minimum absolute atomic E-state index is 0.0143. The Balaban J connectivity index is 1.93. The summed E-state index contributed by atoms with van der Waals surface area (Å²) in [5, 5.41) is 17.7. The van der Waals surface area contributed by atoms with Crippen molar-refractivity contribution in [3.63, 3.8) is 0 Å². The summed E-state index contributed by atoms with van der Waals surface area (Å²) in [6.45, 7) is 3.86. The summed E-state index contributed by atoms with van der Waals surface area (Å²) < 4.78 is 6.56. The summed E-state index contributed by atoms with van der Waals surface area (Å²) in [5.41, 5.74) is 4.84. The third kappa shape index (κ3) is 3.85. The zero-order chi connectivity index (χ0) is 16.1. The van der Waals surface area contributed by atoms with Gasteiger partial charge in [0.05, 0.1) is 19.0 Å². The summed E-state index contributed by atoms with van der Waals surface area (Å²) in [5.74, 6) is 0.117. The predicted octanol–water partition coefficient (Wildman–Crippen LogP) is 1.36. The molecule has 0 aliphatic rings. The standard InChI is InChI=1S/C15H18N4O3/c1-10-6-11(2)19(18-10)9-15(21)17-16-8-12-4-5-14(22-3)13(20)7-12/h4-8,20H,9H2,1-3H3,(H,17,21)/b16-8-. The number of aryl methyl sites for hydroxylation is 2. The maximum absolute atomic E-state index is 11.8.